The van der Waals surface area contributed by atoms with E-state index in [0.29, 0.717) is 6.04 Å². The molecule has 20 heavy (non-hydrogen) atoms. The standard InChI is InChI=1S/C16H31N3O/c1-13(16(20)18-15-5-3-4-6-15)19-11-8-14(9-12-19)7-10-17-2/h13-15,17H,3-12H2,1-2H3,(H,18,20). The lowest BCUT2D eigenvalue weighted by Gasteiger charge is -2.35. The van der Waals surface area contributed by atoms with Crippen molar-refractivity contribution in [2.45, 2.75) is 64.0 Å². The fraction of sp³-hybridized carbons (Fsp3) is 0.938. The largest absolute Gasteiger partial charge is 0.352 e. The Bertz CT molecular complexity index is 294. The number of likely N-dealkylation sites (tertiary alicyclic amines) is 1. The smallest absolute Gasteiger partial charge is 0.237 e. The van der Waals surface area contributed by atoms with E-state index in [2.05, 4.69) is 22.5 Å². The number of carbonyl (C=O) groups excluding carboxylic acids is 1. The Balaban J connectivity index is 1.70. The van der Waals surface area contributed by atoms with Gasteiger partial charge in [0.2, 0.25) is 5.91 Å². The number of carbonyl (C=O) groups is 1. The molecular weight excluding hydrogens is 250 g/mol. The molecular formula is C16H31N3O. The molecule has 1 unspecified atom stereocenters. The van der Waals surface area contributed by atoms with Crippen LogP contribution in [-0.2, 0) is 4.79 Å². The van der Waals surface area contributed by atoms with Gasteiger partial charge in [-0.15, -0.1) is 0 Å². The van der Waals surface area contributed by atoms with Gasteiger partial charge in [-0.05, 0) is 71.6 Å². The molecule has 0 aromatic heterocycles. The Hall–Kier alpha value is -0.610. The minimum atomic E-state index is 0.0425. The van der Waals surface area contributed by atoms with Crippen LogP contribution in [0.4, 0.5) is 0 Å². The van der Waals surface area contributed by atoms with Gasteiger partial charge in [0.1, 0.15) is 0 Å². The first-order valence-corrected chi connectivity index (χ1v) is 8.39. The quantitative estimate of drug-likeness (QED) is 0.780. The average molecular weight is 281 g/mol. The summed E-state index contributed by atoms with van der Waals surface area (Å²) in [5.41, 5.74) is 0. The average Bonchev–Trinajstić information content (AvgIpc) is 2.97. The van der Waals surface area contributed by atoms with E-state index >= 15 is 0 Å². The molecule has 2 rings (SSSR count). The van der Waals surface area contributed by atoms with E-state index in [1.807, 2.05) is 7.05 Å². The third-order valence-electron chi connectivity index (χ3n) is 5.08. The maximum absolute atomic E-state index is 12.3. The molecule has 1 aliphatic heterocycles. The fourth-order valence-electron chi connectivity index (χ4n) is 3.54. The molecule has 0 aromatic carbocycles. The van der Waals surface area contributed by atoms with Gasteiger partial charge in [0.15, 0.2) is 0 Å². The van der Waals surface area contributed by atoms with Gasteiger partial charge in [0, 0.05) is 6.04 Å². The second kappa shape index (κ2) is 7.99. The highest BCUT2D eigenvalue weighted by Gasteiger charge is 2.28. The summed E-state index contributed by atoms with van der Waals surface area (Å²) >= 11 is 0. The molecule has 0 bridgehead atoms. The summed E-state index contributed by atoms with van der Waals surface area (Å²) in [4.78, 5) is 14.7. The Morgan fingerprint density at radius 2 is 1.85 bits per heavy atom. The highest BCUT2D eigenvalue weighted by Crippen LogP contribution is 2.22. The number of rotatable bonds is 6. The summed E-state index contributed by atoms with van der Waals surface area (Å²) in [5.74, 6) is 1.08. The van der Waals surface area contributed by atoms with Crippen molar-refractivity contribution in [1.29, 1.82) is 0 Å². The van der Waals surface area contributed by atoms with E-state index in [-0.39, 0.29) is 11.9 Å². The maximum Gasteiger partial charge on any atom is 0.237 e. The van der Waals surface area contributed by atoms with Crippen molar-refractivity contribution in [3.8, 4) is 0 Å². The Morgan fingerprint density at radius 3 is 2.45 bits per heavy atom. The third-order valence-corrected chi connectivity index (χ3v) is 5.08. The SMILES string of the molecule is CNCCC1CCN(C(C)C(=O)NC2CCCC2)CC1. The second-order valence-electron chi connectivity index (χ2n) is 6.54. The van der Waals surface area contributed by atoms with Crippen LogP contribution in [0.1, 0.15) is 51.9 Å². The number of nitrogens with zero attached hydrogens (tertiary/aromatic N) is 1. The van der Waals surface area contributed by atoms with Crippen molar-refractivity contribution in [2.24, 2.45) is 5.92 Å². The van der Waals surface area contributed by atoms with Crippen LogP contribution in [0, 0.1) is 5.92 Å². The molecule has 0 aromatic rings. The van der Waals surface area contributed by atoms with Gasteiger partial charge in [0.25, 0.3) is 0 Å². The van der Waals surface area contributed by atoms with E-state index in [9.17, 15) is 4.79 Å². The molecule has 1 amide bonds. The molecule has 1 heterocycles. The van der Waals surface area contributed by atoms with Crippen molar-refractivity contribution in [1.82, 2.24) is 15.5 Å². The molecule has 1 atom stereocenters. The summed E-state index contributed by atoms with van der Waals surface area (Å²) < 4.78 is 0. The normalized spacial score (nSPS) is 23.9. The minimum absolute atomic E-state index is 0.0425. The number of piperidine rings is 1. The lowest BCUT2D eigenvalue weighted by molar-refractivity contribution is -0.127. The van der Waals surface area contributed by atoms with Gasteiger partial charge >= 0.3 is 0 Å². The zero-order valence-electron chi connectivity index (χ0n) is 13.2. The van der Waals surface area contributed by atoms with Crippen molar-refractivity contribution < 1.29 is 4.79 Å². The number of amides is 1. The van der Waals surface area contributed by atoms with Gasteiger partial charge in [-0.2, -0.15) is 0 Å². The van der Waals surface area contributed by atoms with E-state index < -0.39 is 0 Å². The first-order valence-electron chi connectivity index (χ1n) is 8.39. The molecule has 1 aliphatic carbocycles. The van der Waals surface area contributed by atoms with Gasteiger partial charge in [-0.3, -0.25) is 9.69 Å². The first kappa shape index (κ1) is 15.8. The van der Waals surface area contributed by atoms with Gasteiger partial charge < -0.3 is 10.6 Å². The van der Waals surface area contributed by atoms with Crippen LogP contribution in [0.5, 0.6) is 0 Å². The Morgan fingerprint density at radius 1 is 1.20 bits per heavy atom. The molecule has 0 spiro atoms. The zero-order valence-corrected chi connectivity index (χ0v) is 13.2. The van der Waals surface area contributed by atoms with Crippen LogP contribution >= 0.6 is 0 Å². The minimum Gasteiger partial charge on any atom is -0.352 e. The maximum atomic E-state index is 12.3. The van der Waals surface area contributed by atoms with Crippen LogP contribution in [0.2, 0.25) is 0 Å². The molecule has 2 aliphatic rings. The molecule has 1 saturated heterocycles. The molecule has 2 N–H and O–H groups in total. The van der Waals surface area contributed by atoms with E-state index in [4.69, 9.17) is 0 Å². The van der Waals surface area contributed by atoms with Crippen molar-refractivity contribution >= 4 is 5.91 Å². The van der Waals surface area contributed by atoms with Crippen LogP contribution in [-0.4, -0.2) is 49.6 Å². The number of nitrogens with one attached hydrogen (secondary N) is 2. The summed E-state index contributed by atoms with van der Waals surface area (Å²) in [7, 11) is 2.02. The molecule has 0 radical (unpaired) electrons. The van der Waals surface area contributed by atoms with Gasteiger partial charge in [-0.25, -0.2) is 0 Å². The van der Waals surface area contributed by atoms with Crippen LogP contribution in [0.25, 0.3) is 0 Å². The predicted octanol–water partition coefficient (Wildman–Crippen LogP) is 1.76. The predicted molar refractivity (Wildman–Crippen MR) is 82.7 cm³/mol. The molecule has 116 valence electrons. The monoisotopic (exact) mass is 281 g/mol. The number of hydrogen-bond donors (Lipinski definition) is 2. The molecule has 4 heteroatoms. The molecule has 1 saturated carbocycles. The van der Waals surface area contributed by atoms with Crippen molar-refractivity contribution in [3.05, 3.63) is 0 Å². The first-order chi connectivity index (χ1) is 9.70. The van der Waals surface area contributed by atoms with Gasteiger partial charge in [0.05, 0.1) is 6.04 Å². The highest BCUT2D eigenvalue weighted by atomic mass is 16.2. The summed E-state index contributed by atoms with van der Waals surface area (Å²) in [6.07, 6.45) is 8.64. The summed E-state index contributed by atoms with van der Waals surface area (Å²) in [6, 6.07) is 0.485. The van der Waals surface area contributed by atoms with Crippen LogP contribution in [0.3, 0.4) is 0 Å². The highest BCUT2D eigenvalue weighted by molar-refractivity contribution is 5.81. The Labute approximate surface area is 123 Å². The van der Waals surface area contributed by atoms with Crippen molar-refractivity contribution in [3.63, 3.8) is 0 Å². The van der Waals surface area contributed by atoms with Gasteiger partial charge in [-0.1, -0.05) is 12.8 Å². The van der Waals surface area contributed by atoms with E-state index in [1.165, 1.54) is 44.9 Å². The lowest BCUT2D eigenvalue weighted by atomic mass is 9.92. The Kier molecular flexibility index (Phi) is 6.30. The fourth-order valence-corrected chi connectivity index (χ4v) is 3.54. The summed E-state index contributed by atoms with van der Waals surface area (Å²) in [6.45, 7) is 5.34. The third kappa shape index (κ3) is 4.45. The molecule has 2 fully saturated rings. The topological polar surface area (TPSA) is 44.4 Å². The van der Waals surface area contributed by atoms with Crippen molar-refractivity contribution in [2.75, 3.05) is 26.7 Å². The van der Waals surface area contributed by atoms with E-state index in [0.717, 1.165) is 25.6 Å². The van der Waals surface area contributed by atoms with Crippen LogP contribution < -0.4 is 10.6 Å². The van der Waals surface area contributed by atoms with E-state index in [1.54, 1.807) is 0 Å². The lowest BCUT2D eigenvalue weighted by Crippen LogP contribution is -2.50. The summed E-state index contributed by atoms with van der Waals surface area (Å²) in [5, 5.41) is 6.46. The van der Waals surface area contributed by atoms with Crippen LogP contribution in [0.15, 0.2) is 0 Å². The zero-order chi connectivity index (χ0) is 14.4. The second-order valence-corrected chi connectivity index (χ2v) is 6.54. The number of hydrogen-bond acceptors (Lipinski definition) is 3. The molecule has 4 nitrogen and oxygen atoms in total.